The van der Waals surface area contributed by atoms with Crippen LogP contribution in [0.1, 0.15) is 20.3 Å². The summed E-state index contributed by atoms with van der Waals surface area (Å²) in [6.45, 7) is 6.68. The SMILES string of the molecule is COC(=O)NC1CCN(C(C)(C)CN)C1. The zero-order valence-electron chi connectivity index (χ0n) is 9.75. The number of hydrogen-bond acceptors (Lipinski definition) is 4. The van der Waals surface area contributed by atoms with Crippen LogP contribution in [0.4, 0.5) is 4.79 Å². The standard InChI is InChI=1S/C10H21N3O2/c1-10(2,7-11)13-5-4-8(6-13)12-9(14)15-3/h8H,4-7,11H2,1-3H3,(H,12,14). The number of nitrogens with one attached hydrogen (secondary N) is 1. The van der Waals surface area contributed by atoms with Crippen LogP contribution in [0.2, 0.25) is 0 Å². The van der Waals surface area contributed by atoms with E-state index < -0.39 is 0 Å². The normalized spacial score (nSPS) is 22.8. The second-order valence-electron chi connectivity index (χ2n) is 4.58. The lowest BCUT2D eigenvalue weighted by Gasteiger charge is -2.34. The molecule has 1 atom stereocenters. The van der Waals surface area contributed by atoms with Gasteiger partial charge in [0.1, 0.15) is 0 Å². The lowest BCUT2D eigenvalue weighted by Crippen LogP contribution is -2.49. The first-order valence-corrected chi connectivity index (χ1v) is 5.29. The molecule has 88 valence electrons. The molecular formula is C10H21N3O2. The topological polar surface area (TPSA) is 67.6 Å². The van der Waals surface area contributed by atoms with E-state index in [0.29, 0.717) is 6.54 Å². The fraction of sp³-hybridized carbons (Fsp3) is 0.900. The van der Waals surface area contributed by atoms with E-state index in [4.69, 9.17) is 5.73 Å². The molecular weight excluding hydrogens is 194 g/mol. The molecule has 0 radical (unpaired) electrons. The second kappa shape index (κ2) is 4.81. The summed E-state index contributed by atoms with van der Waals surface area (Å²) in [4.78, 5) is 13.3. The van der Waals surface area contributed by atoms with E-state index in [1.54, 1.807) is 0 Å². The molecule has 1 rings (SSSR count). The Kier molecular flexibility index (Phi) is 3.93. The van der Waals surface area contributed by atoms with Gasteiger partial charge in [0.05, 0.1) is 7.11 Å². The maximum absolute atomic E-state index is 11.0. The first-order valence-electron chi connectivity index (χ1n) is 5.29. The van der Waals surface area contributed by atoms with E-state index in [1.165, 1.54) is 7.11 Å². The van der Waals surface area contributed by atoms with Crippen LogP contribution in [0.5, 0.6) is 0 Å². The van der Waals surface area contributed by atoms with Crippen molar-refractivity contribution in [3.63, 3.8) is 0 Å². The molecule has 0 bridgehead atoms. The van der Waals surface area contributed by atoms with Gasteiger partial charge in [-0.2, -0.15) is 0 Å². The van der Waals surface area contributed by atoms with E-state index in [9.17, 15) is 4.79 Å². The van der Waals surface area contributed by atoms with Crippen LogP contribution in [-0.4, -0.2) is 49.3 Å². The molecule has 1 fully saturated rings. The molecule has 0 saturated carbocycles. The molecule has 1 amide bonds. The molecule has 5 nitrogen and oxygen atoms in total. The Balaban J connectivity index is 2.42. The molecule has 1 heterocycles. The van der Waals surface area contributed by atoms with Crippen LogP contribution >= 0.6 is 0 Å². The van der Waals surface area contributed by atoms with Crippen LogP contribution in [0.15, 0.2) is 0 Å². The number of amides is 1. The van der Waals surface area contributed by atoms with Gasteiger partial charge >= 0.3 is 6.09 Å². The third-order valence-corrected chi connectivity index (χ3v) is 3.05. The molecule has 0 aromatic heterocycles. The molecule has 1 aliphatic heterocycles. The summed E-state index contributed by atoms with van der Waals surface area (Å²) in [5.74, 6) is 0. The lowest BCUT2D eigenvalue weighted by molar-refractivity contribution is 0.151. The van der Waals surface area contributed by atoms with Gasteiger partial charge in [0.15, 0.2) is 0 Å². The molecule has 0 spiro atoms. The number of alkyl carbamates (subject to hydrolysis) is 1. The third kappa shape index (κ3) is 3.07. The first kappa shape index (κ1) is 12.3. The quantitative estimate of drug-likeness (QED) is 0.703. The number of nitrogens with zero attached hydrogens (tertiary/aromatic N) is 1. The van der Waals surface area contributed by atoms with E-state index in [1.807, 2.05) is 0 Å². The summed E-state index contributed by atoms with van der Waals surface area (Å²) >= 11 is 0. The molecule has 3 N–H and O–H groups in total. The number of nitrogens with two attached hydrogens (primary N) is 1. The smallest absolute Gasteiger partial charge is 0.407 e. The van der Waals surface area contributed by atoms with Gasteiger partial charge in [-0.25, -0.2) is 4.79 Å². The number of likely N-dealkylation sites (tertiary alicyclic amines) is 1. The molecule has 0 aromatic rings. The first-order chi connectivity index (χ1) is 6.99. The van der Waals surface area contributed by atoms with Crippen LogP contribution in [0.25, 0.3) is 0 Å². The Morgan fingerprint density at radius 1 is 1.67 bits per heavy atom. The Morgan fingerprint density at radius 3 is 2.87 bits per heavy atom. The minimum Gasteiger partial charge on any atom is -0.453 e. The number of hydrogen-bond donors (Lipinski definition) is 2. The summed E-state index contributed by atoms with van der Waals surface area (Å²) in [6.07, 6.45) is 0.603. The van der Waals surface area contributed by atoms with Crippen molar-refractivity contribution in [1.29, 1.82) is 0 Å². The molecule has 1 unspecified atom stereocenters. The number of methoxy groups -OCH3 is 1. The van der Waals surface area contributed by atoms with Crippen molar-refractivity contribution in [3.8, 4) is 0 Å². The highest BCUT2D eigenvalue weighted by Crippen LogP contribution is 2.20. The van der Waals surface area contributed by atoms with Gasteiger partial charge in [-0.1, -0.05) is 0 Å². The highest BCUT2D eigenvalue weighted by Gasteiger charge is 2.33. The summed E-state index contributed by atoms with van der Waals surface area (Å²) in [6, 6.07) is 0.184. The highest BCUT2D eigenvalue weighted by molar-refractivity contribution is 5.67. The molecule has 0 aliphatic carbocycles. The zero-order chi connectivity index (χ0) is 11.5. The van der Waals surface area contributed by atoms with Gasteiger partial charge in [0, 0.05) is 31.2 Å². The van der Waals surface area contributed by atoms with Crippen LogP contribution in [0, 0.1) is 0 Å². The minimum absolute atomic E-state index is 0.00650. The molecule has 0 aromatic carbocycles. The number of rotatable bonds is 3. The monoisotopic (exact) mass is 215 g/mol. The van der Waals surface area contributed by atoms with Crippen LogP contribution < -0.4 is 11.1 Å². The average Bonchev–Trinajstić information content (AvgIpc) is 2.66. The molecule has 1 aliphatic rings. The average molecular weight is 215 g/mol. The maximum Gasteiger partial charge on any atom is 0.407 e. The van der Waals surface area contributed by atoms with Crippen molar-refractivity contribution in [2.75, 3.05) is 26.7 Å². The van der Waals surface area contributed by atoms with Crippen molar-refractivity contribution < 1.29 is 9.53 Å². The summed E-state index contributed by atoms with van der Waals surface area (Å²) < 4.78 is 4.57. The van der Waals surface area contributed by atoms with Crippen molar-refractivity contribution in [2.24, 2.45) is 5.73 Å². The molecule has 15 heavy (non-hydrogen) atoms. The molecule has 1 saturated heterocycles. The van der Waals surface area contributed by atoms with E-state index in [-0.39, 0.29) is 17.7 Å². The van der Waals surface area contributed by atoms with Crippen molar-refractivity contribution in [1.82, 2.24) is 10.2 Å². The van der Waals surface area contributed by atoms with Gasteiger partial charge in [0.25, 0.3) is 0 Å². The largest absolute Gasteiger partial charge is 0.453 e. The van der Waals surface area contributed by atoms with Crippen LogP contribution in [0.3, 0.4) is 0 Å². The van der Waals surface area contributed by atoms with Gasteiger partial charge < -0.3 is 15.8 Å². The Morgan fingerprint density at radius 2 is 2.33 bits per heavy atom. The Bertz CT molecular complexity index is 231. The number of carbonyl (C=O) groups is 1. The van der Waals surface area contributed by atoms with Gasteiger partial charge in [-0.3, -0.25) is 4.90 Å². The number of carbonyl (C=O) groups excluding carboxylic acids is 1. The van der Waals surface area contributed by atoms with Gasteiger partial charge in [-0.15, -0.1) is 0 Å². The fourth-order valence-electron chi connectivity index (χ4n) is 1.78. The van der Waals surface area contributed by atoms with E-state index in [2.05, 4.69) is 28.8 Å². The van der Waals surface area contributed by atoms with E-state index in [0.717, 1.165) is 19.5 Å². The summed E-state index contributed by atoms with van der Waals surface area (Å²) in [5.41, 5.74) is 5.71. The predicted octanol–water partition coefficient (Wildman–Crippen LogP) is 0.154. The summed E-state index contributed by atoms with van der Waals surface area (Å²) in [7, 11) is 1.38. The van der Waals surface area contributed by atoms with Crippen molar-refractivity contribution in [3.05, 3.63) is 0 Å². The number of ether oxygens (including phenoxy) is 1. The van der Waals surface area contributed by atoms with Crippen LogP contribution in [-0.2, 0) is 4.74 Å². The lowest BCUT2D eigenvalue weighted by atomic mass is 10.0. The maximum atomic E-state index is 11.0. The Hall–Kier alpha value is -0.810. The fourth-order valence-corrected chi connectivity index (χ4v) is 1.78. The third-order valence-electron chi connectivity index (χ3n) is 3.05. The zero-order valence-corrected chi connectivity index (χ0v) is 9.75. The van der Waals surface area contributed by atoms with Crippen molar-refractivity contribution in [2.45, 2.75) is 31.8 Å². The van der Waals surface area contributed by atoms with Crippen molar-refractivity contribution >= 4 is 6.09 Å². The summed E-state index contributed by atoms with van der Waals surface area (Å²) in [5, 5.41) is 2.81. The minimum atomic E-state index is -0.354. The van der Waals surface area contributed by atoms with Gasteiger partial charge in [0.2, 0.25) is 0 Å². The highest BCUT2D eigenvalue weighted by atomic mass is 16.5. The Labute approximate surface area is 90.9 Å². The van der Waals surface area contributed by atoms with Gasteiger partial charge in [-0.05, 0) is 20.3 Å². The molecule has 5 heteroatoms. The predicted molar refractivity (Wildman–Crippen MR) is 58.7 cm³/mol. The van der Waals surface area contributed by atoms with E-state index >= 15 is 0 Å². The second-order valence-corrected chi connectivity index (χ2v) is 4.58.